The van der Waals surface area contributed by atoms with E-state index in [9.17, 15) is 4.79 Å². The molecule has 0 amide bonds. The zero-order valence-corrected chi connectivity index (χ0v) is 8.82. The van der Waals surface area contributed by atoms with Crippen LogP contribution in [0.1, 0.15) is 13.3 Å². The molecule has 0 aromatic carbocycles. The van der Waals surface area contributed by atoms with Gasteiger partial charge in [0.1, 0.15) is 6.04 Å². The molecule has 14 heavy (non-hydrogen) atoms. The van der Waals surface area contributed by atoms with Gasteiger partial charge in [-0.25, -0.2) is 0 Å². The number of hydrogen-bond acceptors (Lipinski definition) is 5. The van der Waals surface area contributed by atoms with Crippen molar-refractivity contribution in [2.24, 2.45) is 5.73 Å². The molecule has 0 rings (SSSR count). The third kappa shape index (κ3) is 7.97. The molecule has 0 bridgehead atoms. The molecule has 0 aliphatic rings. The maximum absolute atomic E-state index is 10.9. The van der Waals surface area contributed by atoms with Gasteiger partial charge in [-0.15, -0.1) is 0 Å². The lowest BCUT2D eigenvalue weighted by Crippen LogP contribution is -2.29. The Bertz CT molecular complexity index is 150. The molecule has 0 aromatic rings. The number of esters is 1. The molecule has 0 spiro atoms. The second-order valence-electron chi connectivity index (χ2n) is 2.91. The first-order valence-corrected chi connectivity index (χ1v) is 4.67. The first-order valence-electron chi connectivity index (χ1n) is 4.67. The summed E-state index contributed by atoms with van der Waals surface area (Å²) in [5, 5.41) is 0. The molecule has 0 heterocycles. The number of methoxy groups -OCH3 is 1. The smallest absolute Gasteiger partial charge is 0.322 e. The Morgan fingerprint density at radius 1 is 1.29 bits per heavy atom. The van der Waals surface area contributed by atoms with Gasteiger partial charge in [-0.2, -0.15) is 0 Å². The molecule has 0 radical (unpaired) electrons. The monoisotopic (exact) mass is 205 g/mol. The van der Waals surface area contributed by atoms with Crippen molar-refractivity contribution in [2.45, 2.75) is 19.4 Å². The normalized spacial score (nSPS) is 12.5. The second-order valence-corrected chi connectivity index (χ2v) is 2.91. The Balaban J connectivity index is 3.10. The first-order chi connectivity index (χ1) is 6.68. The van der Waals surface area contributed by atoms with E-state index in [1.807, 2.05) is 0 Å². The SMILES string of the molecule is COCCOCCCOC(=O)C(C)N. The number of rotatable bonds is 8. The predicted octanol–water partition coefficient (Wildman–Crippen LogP) is -0.0701. The van der Waals surface area contributed by atoms with Crippen LogP contribution in [0.15, 0.2) is 0 Å². The van der Waals surface area contributed by atoms with Gasteiger partial charge in [0.25, 0.3) is 0 Å². The van der Waals surface area contributed by atoms with Crippen LogP contribution >= 0.6 is 0 Å². The van der Waals surface area contributed by atoms with Crippen LogP contribution in [-0.2, 0) is 19.0 Å². The minimum absolute atomic E-state index is 0.355. The number of hydrogen-bond donors (Lipinski definition) is 1. The Labute approximate surface area is 84.5 Å². The summed E-state index contributed by atoms with van der Waals surface area (Å²) in [6.45, 7) is 3.66. The third-order valence-electron chi connectivity index (χ3n) is 1.48. The quantitative estimate of drug-likeness (QED) is 0.443. The topological polar surface area (TPSA) is 70.8 Å². The van der Waals surface area contributed by atoms with Gasteiger partial charge in [0.15, 0.2) is 0 Å². The van der Waals surface area contributed by atoms with Crippen LogP contribution in [0.3, 0.4) is 0 Å². The number of nitrogens with two attached hydrogens (primary N) is 1. The first kappa shape index (κ1) is 13.4. The second kappa shape index (κ2) is 8.93. The summed E-state index contributed by atoms with van der Waals surface area (Å²) in [4.78, 5) is 10.9. The zero-order valence-electron chi connectivity index (χ0n) is 8.82. The van der Waals surface area contributed by atoms with Crippen molar-refractivity contribution in [3.05, 3.63) is 0 Å². The van der Waals surface area contributed by atoms with Crippen molar-refractivity contribution in [3.63, 3.8) is 0 Å². The van der Waals surface area contributed by atoms with Gasteiger partial charge in [0, 0.05) is 20.1 Å². The van der Waals surface area contributed by atoms with Crippen molar-refractivity contribution >= 4 is 5.97 Å². The minimum atomic E-state index is -0.551. The van der Waals surface area contributed by atoms with Crippen molar-refractivity contribution in [1.82, 2.24) is 0 Å². The maximum atomic E-state index is 10.9. The molecule has 0 aliphatic heterocycles. The molecule has 0 aliphatic carbocycles. The van der Waals surface area contributed by atoms with Gasteiger partial charge >= 0.3 is 5.97 Å². The van der Waals surface area contributed by atoms with E-state index in [-0.39, 0.29) is 5.97 Å². The van der Waals surface area contributed by atoms with Gasteiger partial charge in [-0.3, -0.25) is 4.79 Å². The van der Waals surface area contributed by atoms with E-state index < -0.39 is 6.04 Å². The van der Waals surface area contributed by atoms with E-state index in [1.54, 1.807) is 14.0 Å². The number of carbonyl (C=O) groups excluding carboxylic acids is 1. The highest BCUT2D eigenvalue weighted by molar-refractivity contribution is 5.74. The maximum Gasteiger partial charge on any atom is 0.322 e. The van der Waals surface area contributed by atoms with Crippen LogP contribution in [0.2, 0.25) is 0 Å². The molecule has 5 heteroatoms. The summed E-state index contributed by atoms with van der Waals surface area (Å²) in [6.07, 6.45) is 0.683. The van der Waals surface area contributed by atoms with E-state index >= 15 is 0 Å². The predicted molar refractivity (Wildman–Crippen MR) is 51.9 cm³/mol. The lowest BCUT2D eigenvalue weighted by Gasteiger charge is -2.07. The van der Waals surface area contributed by atoms with Crippen LogP contribution in [0.25, 0.3) is 0 Å². The molecule has 5 nitrogen and oxygen atoms in total. The lowest BCUT2D eigenvalue weighted by molar-refractivity contribution is -0.145. The van der Waals surface area contributed by atoms with Crippen molar-refractivity contribution in [1.29, 1.82) is 0 Å². The number of ether oxygens (including phenoxy) is 3. The Kier molecular flexibility index (Phi) is 8.51. The van der Waals surface area contributed by atoms with Crippen LogP contribution < -0.4 is 5.73 Å². The molecular formula is C9H19NO4. The highest BCUT2D eigenvalue weighted by Crippen LogP contribution is 1.88. The summed E-state index contributed by atoms with van der Waals surface area (Å²) in [5.41, 5.74) is 5.29. The van der Waals surface area contributed by atoms with E-state index in [0.29, 0.717) is 32.8 Å². The fraction of sp³-hybridized carbons (Fsp3) is 0.889. The Hall–Kier alpha value is -0.650. The van der Waals surface area contributed by atoms with Crippen LogP contribution in [-0.4, -0.2) is 45.5 Å². The molecule has 0 saturated carbocycles. The molecule has 0 aromatic heterocycles. The van der Waals surface area contributed by atoms with Gasteiger partial charge in [0.2, 0.25) is 0 Å². The van der Waals surface area contributed by atoms with Gasteiger partial charge in [-0.1, -0.05) is 0 Å². The highest BCUT2D eigenvalue weighted by atomic mass is 16.5. The van der Waals surface area contributed by atoms with Crippen molar-refractivity contribution < 1.29 is 19.0 Å². The van der Waals surface area contributed by atoms with E-state index in [0.717, 1.165) is 0 Å². The van der Waals surface area contributed by atoms with Gasteiger partial charge in [0.05, 0.1) is 19.8 Å². The average molecular weight is 205 g/mol. The fourth-order valence-corrected chi connectivity index (χ4v) is 0.710. The molecule has 1 unspecified atom stereocenters. The Morgan fingerprint density at radius 2 is 2.00 bits per heavy atom. The molecular weight excluding hydrogens is 186 g/mol. The minimum Gasteiger partial charge on any atom is -0.464 e. The highest BCUT2D eigenvalue weighted by Gasteiger charge is 2.07. The van der Waals surface area contributed by atoms with Gasteiger partial charge in [-0.05, 0) is 6.92 Å². The van der Waals surface area contributed by atoms with Crippen LogP contribution in [0, 0.1) is 0 Å². The van der Waals surface area contributed by atoms with E-state index in [4.69, 9.17) is 19.9 Å². The van der Waals surface area contributed by atoms with E-state index in [1.165, 1.54) is 0 Å². The van der Waals surface area contributed by atoms with Crippen molar-refractivity contribution in [2.75, 3.05) is 33.5 Å². The summed E-state index contributed by atoms with van der Waals surface area (Å²) in [7, 11) is 1.62. The summed E-state index contributed by atoms with van der Waals surface area (Å²) >= 11 is 0. The lowest BCUT2D eigenvalue weighted by atomic mass is 10.4. The van der Waals surface area contributed by atoms with Crippen LogP contribution in [0.4, 0.5) is 0 Å². The van der Waals surface area contributed by atoms with Gasteiger partial charge < -0.3 is 19.9 Å². The molecule has 0 fully saturated rings. The zero-order chi connectivity index (χ0) is 10.8. The average Bonchev–Trinajstić information content (AvgIpc) is 2.16. The summed E-state index contributed by atoms with van der Waals surface area (Å²) in [5.74, 6) is -0.373. The Morgan fingerprint density at radius 3 is 2.57 bits per heavy atom. The standard InChI is InChI=1S/C9H19NO4/c1-8(10)9(11)14-5-3-4-13-7-6-12-2/h8H,3-7,10H2,1-2H3. The molecule has 2 N–H and O–H groups in total. The molecule has 0 saturated heterocycles. The largest absolute Gasteiger partial charge is 0.464 e. The molecule has 84 valence electrons. The molecule has 1 atom stereocenters. The fourth-order valence-electron chi connectivity index (χ4n) is 0.710. The number of carbonyl (C=O) groups is 1. The summed E-state index contributed by atoms with van der Waals surface area (Å²) < 4.78 is 14.8. The third-order valence-corrected chi connectivity index (χ3v) is 1.48. The van der Waals surface area contributed by atoms with E-state index in [2.05, 4.69) is 0 Å². The summed E-state index contributed by atoms with van der Waals surface area (Å²) in [6, 6.07) is -0.551. The van der Waals surface area contributed by atoms with Crippen molar-refractivity contribution in [3.8, 4) is 0 Å². The van der Waals surface area contributed by atoms with Crippen LogP contribution in [0.5, 0.6) is 0 Å².